The number of benzene rings is 2. The van der Waals surface area contributed by atoms with Gasteiger partial charge in [-0.05, 0) is 29.8 Å². The molecular formula is C16H14N2O2S. The maximum atomic E-state index is 12.3. The van der Waals surface area contributed by atoms with E-state index in [0.29, 0.717) is 12.1 Å². The number of fused-ring (bicyclic) bond motifs is 1. The van der Waals surface area contributed by atoms with Crippen molar-refractivity contribution in [1.82, 2.24) is 9.27 Å². The van der Waals surface area contributed by atoms with Crippen LogP contribution in [0.4, 0.5) is 0 Å². The van der Waals surface area contributed by atoms with E-state index in [2.05, 4.69) is 5.32 Å². The predicted molar refractivity (Wildman–Crippen MR) is 85.0 cm³/mol. The van der Waals surface area contributed by atoms with E-state index >= 15 is 0 Å². The minimum absolute atomic E-state index is 0.0333. The standard InChI is InChI=1S/C16H14N2O2S/c1-17-15(19)12-8-6-11(7-9-12)10-18-16(20)13-4-2-3-5-14(13)21-18/h2-9H,10H2,1H3,(H,17,19). The van der Waals surface area contributed by atoms with Crippen LogP contribution in [0.2, 0.25) is 0 Å². The van der Waals surface area contributed by atoms with E-state index in [0.717, 1.165) is 15.6 Å². The maximum absolute atomic E-state index is 12.3. The van der Waals surface area contributed by atoms with Crippen LogP contribution in [-0.2, 0) is 6.54 Å². The van der Waals surface area contributed by atoms with Crippen molar-refractivity contribution in [3.05, 3.63) is 70.0 Å². The van der Waals surface area contributed by atoms with E-state index < -0.39 is 0 Å². The summed E-state index contributed by atoms with van der Waals surface area (Å²) >= 11 is 1.46. The van der Waals surface area contributed by atoms with Crippen molar-refractivity contribution in [2.45, 2.75) is 6.54 Å². The lowest BCUT2D eigenvalue weighted by molar-refractivity contribution is 0.0963. The van der Waals surface area contributed by atoms with E-state index in [9.17, 15) is 9.59 Å². The van der Waals surface area contributed by atoms with Crippen molar-refractivity contribution in [3.63, 3.8) is 0 Å². The molecule has 0 radical (unpaired) electrons. The third-order valence-corrected chi connectivity index (χ3v) is 4.39. The predicted octanol–water partition coefficient (Wildman–Crippen LogP) is 2.47. The number of carbonyl (C=O) groups is 1. The fourth-order valence-electron chi connectivity index (χ4n) is 2.19. The molecule has 1 amide bonds. The number of nitrogens with one attached hydrogen (secondary N) is 1. The zero-order valence-electron chi connectivity index (χ0n) is 11.5. The molecule has 0 atom stereocenters. The molecule has 21 heavy (non-hydrogen) atoms. The molecule has 0 aliphatic heterocycles. The topological polar surface area (TPSA) is 51.1 Å². The van der Waals surface area contributed by atoms with Crippen LogP contribution in [0.25, 0.3) is 10.1 Å². The molecular weight excluding hydrogens is 284 g/mol. The van der Waals surface area contributed by atoms with Gasteiger partial charge >= 0.3 is 0 Å². The van der Waals surface area contributed by atoms with Gasteiger partial charge in [-0.25, -0.2) is 0 Å². The average Bonchev–Trinajstić information content (AvgIpc) is 2.84. The summed E-state index contributed by atoms with van der Waals surface area (Å²) in [5.74, 6) is -0.111. The highest BCUT2D eigenvalue weighted by Crippen LogP contribution is 2.17. The molecule has 4 nitrogen and oxygen atoms in total. The number of amides is 1. The average molecular weight is 298 g/mol. The Labute approximate surface area is 125 Å². The van der Waals surface area contributed by atoms with Gasteiger partial charge in [0.2, 0.25) is 0 Å². The van der Waals surface area contributed by atoms with Crippen LogP contribution in [0.15, 0.2) is 53.3 Å². The van der Waals surface area contributed by atoms with Gasteiger partial charge in [-0.2, -0.15) is 0 Å². The Kier molecular flexibility index (Phi) is 3.58. The second kappa shape index (κ2) is 5.54. The van der Waals surface area contributed by atoms with E-state index in [-0.39, 0.29) is 11.5 Å². The molecule has 0 aliphatic rings. The first-order chi connectivity index (χ1) is 10.2. The minimum atomic E-state index is -0.111. The van der Waals surface area contributed by atoms with Gasteiger partial charge in [0.1, 0.15) is 0 Å². The van der Waals surface area contributed by atoms with Crippen LogP contribution in [0.3, 0.4) is 0 Å². The Morgan fingerprint density at radius 3 is 2.52 bits per heavy atom. The molecule has 0 bridgehead atoms. The summed E-state index contributed by atoms with van der Waals surface area (Å²) < 4.78 is 2.73. The molecule has 1 N–H and O–H groups in total. The number of rotatable bonds is 3. The minimum Gasteiger partial charge on any atom is -0.355 e. The molecule has 3 aromatic rings. The zero-order valence-corrected chi connectivity index (χ0v) is 12.3. The first kappa shape index (κ1) is 13.6. The summed E-state index contributed by atoms with van der Waals surface area (Å²) in [5.41, 5.74) is 1.65. The lowest BCUT2D eigenvalue weighted by Crippen LogP contribution is -2.18. The van der Waals surface area contributed by atoms with Crippen LogP contribution in [0, 0.1) is 0 Å². The second-order valence-electron chi connectivity index (χ2n) is 4.71. The Bertz CT molecular complexity index is 847. The van der Waals surface area contributed by atoms with Crippen LogP contribution >= 0.6 is 11.5 Å². The van der Waals surface area contributed by atoms with E-state index in [1.165, 1.54) is 11.5 Å². The fourth-order valence-corrected chi connectivity index (χ4v) is 3.22. The smallest absolute Gasteiger partial charge is 0.268 e. The molecule has 0 saturated heterocycles. The van der Waals surface area contributed by atoms with Gasteiger partial charge in [0.15, 0.2) is 0 Å². The van der Waals surface area contributed by atoms with Crippen LogP contribution in [0.5, 0.6) is 0 Å². The molecule has 106 valence electrons. The second-order valence-corrected chi connectivity index (χ2v) is 5.77. The first-order valence-electron chi connectivity index (χ1n) is 6.59. The normalized spacial score (nSPS) is 10.7. The molecule has 0 spiro atoms. The lowest BCUT2D eigenvalue weighted by atomic mass is 10.1. The van der Waals surface area contributed by atoms with Gasteiger partial charge in [-0.3, -0.25) is 13.5 Å². The number of hydrogen-bond donors (Lipinski definition) is 1. The molecule has 5 heteroatoms. The van der Waals surface area contributed by atoms with Crippen LogP contribution in [-0.4, -0.2) is 16.9 Å². The van der Waals surface area contributed by atoms with Gasteiger partial charge in [-0.1, -0.05) is 35.8 Å². The van der Waals surface area contributed by atoms with Crippen molar-refractivity contribution < 1.29 is 4.79 Å². The third kappa shape index (κ3) is 2.60. The summed E-state index contributed by atoms with van der Waals surface area (Å²) in [6, 6.07) is 14.9. The van der Waals surface area contributed by atoms with Crippen molar-refractivity contribution in [2.75, 3.05) is 7.05 Å². The molecule has 2 aromatic carbocycles. The Morgan fingerprint density at radius 2 is 1.86 bits per heavy atom. The van der Waals surface area contributed by atoms with Gasteiger partial charge in [-0.15, -0.1) is 0 Å². The van der Waals surface area contributed by atoms with Gasteiger partial charge in [0.05, 0.1) is 16.6 Å². The highest BCUT2D eigenvalue weighted by molar-refractivity contribution is 7.13. The summed E-state index contributed by atoms with van der Waals surface area (Å²) in [7, 11) is 1.60. The molecule has 0 aliphatic carbocycles. The van der Waals surface area contributed by atoms with Crippen molar-refractivity contribution >= 4 is 27.5 Å². The number of aromatic nitrogens is 1. The summed E-state index contributed by atoms with van der Waals surface area (Å²) in [6.45, 7) is 0.520. The van der Waals surface area contributed by atoms with Crippen molar-refractivity contribution in [1.29, 1.82) is 0 Å². The van der Waals surface area contributed by atoms with Crippen LogP contribution < -0.4 is 10.9 Å². The fraction of sp³-hybridized carbons (Fsp3) is 0.125. The number of carbonyl (C=O) groups excluding carboxylic acids is 1. The van der Waals surface area contributed by atoms with Crippen LogP contribution in [0.1, 0.15) is 15.9 Å². The van der Waals surface area contributed by atoms with Gasteiger partial charge in [0, 0.05) is 12.6 Å². The Morgan fingerprint density at radius 1 is 1.14 bits per heavy atom. The molecule has 3 rings (SSSR count). The highest BCUT2D eigenvalue weighted by atomic mass is 32.1. The SMILES string of the molecule is CNC(=O)c1ccc(Cn2sc3ccccc3c2=O)cc1. The highest BCUT2D eigenvalue weighted by Gasteiger charge is 2.08. The maximum Gasteiger partial charge on any atom is 0.268 e. The van der Waals surface area contributed by atoms with E-state index in [4.69, 9.17) is 0 Å². The van der Waals surface area contributed by atoms with E-state index in [1.807, 2.05) is 36.4 Å². The Balaban J connectivity index is 1.90. The number of nitrogens with zero attached hydrogens (tertiary/aromatic N) is 1. The Hall–Kier alpha value is -2.40. The quantitative estimate of drug-likeness (QED) is 0.807. The zero-order chi connectivity index (χ0) is 14.8. The van der Waals surface area contributed by atoms with E-state index in [1.54, 1.807) is 23.1 Å². The first-order valence-corrected chi connectivity index (χ1v) is 7.36. The third-order valence-electron chi connectivity index (χ3n) is 3.32. The summed E-state index contributed by atoms with van der Waals surface area (Å²) in [6.07, 6.45) is 0. The molecule has 0 saturated carbocycles. The van der Waals surface area contributed by atoms with Gasteiger partial charge < -0.3 is 5.32 Å². The van der Waals surface area contributed by atoms with Crippen molar-refractivity contribution in [3.8, 4) is 0 Å². The monoisotopic (exact) mass is 298 g/mol. The molecule has 1 heterocycles. The lowest BCUT2D eigenvalue weighted by Gasteiger charge is -2.03. The summed E-state index contributed by atoms with van der Waals surface area (Å²) in [4.78, 5) is 23.8. The largest absolute Gasteiger partial charge is 0.355 e. The number of hydrogen-bond acceptors (Lipinski definition) is 3. The summed E-state index contributed by atoms with van der Waals surface area (Å²) in [5, 5.41) is 3.34. The molecule has 0 unspecified atom stereocenters. The van der Waals surface area contributed by atoms with Gasteiger partial charge in [0.25, 0.3) is 11.5 Å². The molecule has 1 aromatic heterocycles. The molecule has 0 fully saturated rings. The van der Waals surface area contributed by atoms with Crippen molar-refractivity contribution in [2.24, 2.45) is 0 Å².